The molecule has 6 N–H and O–H groups in total. The predicted octanol–water partition coefficient (Wildman–Crippen LogP) is -0.872. The van der Waals surface area contributed by atoms with Crippen LogP contribution in [-0.4, -0.2) is 38.4 Å². The first kappa shape index (κ1) is 13.8. The molecule has 0 aromatic rings. The number of carbonyl (C=O) groups is 1. The van der Waals surface area contributed by atoms with Crippen LogP contribution in [0.15, 0.2) is 0 Å². The molecule has 0 aromatic heterocycles. The third-order valence-corrected chi connectivity index (χ3v) is 1.23. The number of nitrogens with two attached hydrogens (primary N) is 2. The van der Waals surface area contributed by atoms with Gasteiger partial charge in [0, 0.05) is 6.54 Å². The number of halogens is 1. The van der Waals surface area contributed by atoms with Gasteiger partial charge in [0.05, 0.1) is 5.75 Å². The average Bonchev–Trinajstić information content (AvgIpc) is 1.84. The minimum absolute atomic E-state index is 0.188. The van der Waals surface area contributed by atoms with E-state index in [1.54, 1.807) is 0 Å². The lowest BCUT2D eigenvalue weighted by Crippen LogP contribution is -2.21. The quantitative estimate of drug-likeness (QED) is 0.442. The SMILES string of the molecule is NC(=O)O.NC[C@@H](F)CS(=O)O. The monoisotopic (exact) mass is 202 g/mol. The molecule has 0 aliphatic rings. The largest absolute Gasteiger partial charge is 0.465 e. The molecule has 0 heterocycles. The number of rotatable bonds is 3. The standard InChI is InChI=1S/C3H8FNO2S.CH3NO2/c4-3(1-5)2-8(6)7;2-1(3)4/h3H,1-2,5H2,(H,6,7);2H2,(H,3,4)/t3-;/m1./s1. The van der Waals surface area contributed by atoms with Gasteiger partial charge in [0.1, 0.15) is 6.17 Å². The maximum Gasteiger partial charge on any atom is 0.402 e. The van der Waals surface area contributed by atoms with Crippen molar-refractivity contribution in [3.8, 4) is 0 Å². The van der Waals surface area contributed by atoms with Crippen LogP contribution < -0.4 is 11.5 Å². The Bertz CT molecular complexity index is 152. The van der Waals surface area contributed by atoms with Crippen LogP contribution in [0, 0.1) is 0 Å². The average molecular weight is 202 g/mol. The first-order valence-corrected chi connectivity index (χ1v) is 4.07. The Labute approximate surface area is 71.0 Å². The summed E-state index contributed by atoms with van der Waals surface area (Å²) in [5.41, 5.74) is 8.83. The van der Waals surface area contributed by atoms with E-state index in [9.17, 15) is 8.60 Å². The summed E-state index contributed by atoms with van der Waals surface area (Å²) in [5.74, 6) is -0.378. The molecule has 1 unspecified atom stereocenters. The smallest absolute Gasteiger partial charge is 0.402 e. The first-order chi connectivity index (χ1) is 5.40. The van der Waals surface area contributed by atoms with E-state index in [-0.39, 0.29) is 12.3 Å². The molecule has 0 saturated heterocycles. The van der Waals surface area contributed by atoms with Crippen molar-refractivity contribution in [2.24, 2.45) is 11.5 Å². The van der Waals surface area contributed by atoms with E-state index in [0.717, 1.165) is 0 Å². The van der Waals surface area contributed by atoms with Crippen molar-refractivity contribution in [3.05, 3.63) is 0 Å². The van der Waals surface area contributed by atoms with Gasteiger partial charge in [0.15, 0.2) is 11.1 Å². The lowest BCUT2D eigenvalue weighted by Gasteiger charge is -1.97. The van der Waals surface area contributed by atoms with Crippen LogP contribution in [-0.2, 0) is 11.1 Å². The molecule has 0 rings (SSSR count). The molecular formula is C4H11FN2O4S. The van der Waals surface area contributed by atoms with Gasteiger partial charge in [-0.1, -0.05) is 0 Å². The normalized spacial score (nSPS) is 13.9. The van der Waals surface area contributed by atoms with Gasteiger partial charge in [-0.25, -0.2) is 13.4 Å². The number of hydrogen-bond acceptors (Lipinski definition) is 3. The Morgan fingerprint density at radius 2 is 2.00 bits per heavy atom. The molecule has 6 nitrogen and oxygen atoms in total. The highest BCUT2D eigenvalue weighted by Gasteiger charge is 2.05. The summed E-state index contributed by atoms with van der Waals surface area (Å²) in [6.45, 7) is -0.188. The minimum atomic E-state index is -2.05. The third kappa shape index (κ3) is 22.8. The van der Waals surface area contributed by atoms with Crippen molar-refractivity contribution in [1.29, 1.82) is 0 Å². The summed E-state index contributed by atoms with van der Waals surface area (Å²) in [5, 5.41) is 7.19. The second-order valence-corrected chi connectivity index (χ2v) is 2.64. The fourth-order valence-corrected chi connectivity index (χ4v) is 0.668. The Hall–Kier alpha value is -0.730. The summed E-state index contributed by atoms with van der Waals surface area (Å²) in [6.07, 6.45) is -2.68. The van der Waals surface area contributed by atoms with Crippen molar-refractivity contribution in [3.63, 3.8) is 0 Å². The van der Waals surface area contributed by atoms with Crippen LogP contribution >= 0.6 is 0 Å². The van der Waals surface area contributed by atoms with Crippen LogP contribution in [0.2, 0.25) is 0 Å². The molecule has 0 spiro atoms. The molecule has 8 heteroatoms. The van der Waals surface area contributed by atoms with E-state index >= 15 is 0 Å². The van der Waals surface area contributed by atoms with Gasteiger partial charge in [0.25, 0.3) is 0 Å². The molecule has 1 amide bonds. The summed E-state index contributed by atoms with van der Waals surface area (Å²) >= 11 is -2.05. The van der Waals surface area contributed by atoms with Gasteiger partial charge in [-0.3, -0.25) is 0 Å². The zero-order chi connectivity index (χ0) is 10.1. The van der Waals surface area contributed by atoms with Gasteiger partial charge >= 0.3 is 6.09 Å². The van der Waals surface area contributed by atoms with E-state index in [0.29, 0.717) is 0 Å². The summed E-state index contributed by atoms with van der Waals surface area (Å²) < 4.78 is 29.7. The summed E-state index contributed by atoms with van der Waals surface area (Å²) in [7, 11) is 0. The number of alkyl halides is 1. The lowest BCUT2D eigenvalue weighted by atomic mass is 10.5. The Morgan fingerprint density at radius 1 is 1.67 bits per heavy atom. The molecule has 0 aliphatic carbocycles. The molecule has 0 saturated carbocycles. The fraction of sp³-hybridized carbons (Fsp3) is 0.750. The Morgan fingerprint density at radius 3 is 2.08 bits per heavy atom. The first-order valence-electron chi connectivity index (χ1n) is 2.80. The third-order valence-electron chi connectivity index (χ3n) is 0.579. The van der Waals surface area contributed by atoms with E-state index in [2.05, 4.69) is 5.73 Å². The summed E-state index contributed by atoms with van der Waals surface area (Å²) in [6, 6.07) is 0. The number of amides is 1. The number of hydrogen-bond donors (Lipinski definition) is 4. The van der Waals surface area contributed by atoms with E-state index in [1.165, 1.54) is 0 Å². The number of carboxylic acid groups (broad SMARTS) is 1. The van der Waals surface area contributed by atoms with Gasteiger partial charge in [-0.2, -0.15) is 0 Å². The molecule has 0 aliphatic heterocycles. The van der Waals surface area contributed by atoms with Crippen LogP contribution in [0.4, 0.5) is 9.18 Å². The molecular weight excluding hydrogens is 191 g/mol. The summed E-state index contributed by atoms with van der Waals surface area (Å²) in [4.78, 5) is 8.78. The zero-order valence-electron chi connectivity index (χ0n) is 6.14. The number of primary amides is 1. The highest BCUT2D eigenvalue weighted by atomic mass is 32.2. The zero-order valence-corrected chi connectivity index (χ0v) is 6.96. The Balaban J connectivity index is 0. The van der Waals surface area contributed by atoms with Crippen molar-refractivity contribution >= 4 is 17.2 Å². The molecule has 0 bridgehead atoms. The van der Waals surface area contributed by atoms with Crippen molar-refractivity contribution in [2.45, 2.75) is 6.17 Å². The van der Waals surface area contributed by atoms with Crippen LogP contribution in [0.5, 0.6) is 0 Å². The second kappa shape index (κ2) is 8.37. The van der Waals surface area contributed by atoms with Gasteiger partial charge < -0.3 is 21.1 Å². The molecule has 2 atom stereocenters. The molecule has 0 fully saturated rings. The molecule has 0 aromatic carbocycles. The van der Waals surface area contributed by atoms with Crippen molar-refractivity contribution in [1.82, 2.24) is 0 Å². The van der Waals surface area contributed by atoms with Gasteiger partial charge in [0.2, 0.25) is 0 Å². The van der Waals surface area contributed by atoms with Gasteiger partial charge in [-0.05, 0) is 0 Å². The highest BCUT2D eigenvalue weighted by Crippen LogP contribution is 1.88. The fourth-order valence-electron chi connectivity index (χ4n) is 0.223. The van der Waals surface area contributed by atoms with E-state index < -0.39 is 23.3 Å². The van der Waals surface area contributed by atoms with Crippen molar-refractivity contribution < 1.29 is 23.1 Å². The second-order valence-electron chi connectivity index (χ2n) is 1.66. The van der Waals surface area contributed by atoms with E-state index in [1.807, 2.05) is 0 Å². The van der Waals surface area contributed by atoms with Crippen LogP contribution in [0.3, 0.4) is 0 Å². The Kier molecular flexibility index (Phi) is 9.65. The predicted molar refractivity (Wildman–Crippen MR) is 41.8 cm³/mol. The maximum atomic E-state index is 11.9. The molecule has 74 valence electrons. The van der Waals surface area contributed by atoms with E-state index in [4.69, 9.17) is 20.2 Å². The highest BCUT2D eigenvalue weighted by molar-refractivity contribution is 7.79. The van der Waals surface area contributed by atoms with Gasteiger partial charge in [-0.15, -0.1) is 0 Å². The maximum absolute atomic E-state index is 11.9. The molecule has 0 radical (unpaired) electrons. The lowest BCUT2D eigenvalue weighted by molar-refractivity contribution is 0.205. The minimum Gasteiger partial charge on any atom is -0.465 e. The van der Waals surface area contributed by atoms with Crippen molar-refractivity contribution in [2.75, 3.05) is 12.3 Å². The van der Waals surface area contributed by atoms with Crippen LogP contribution in [0.1, 0.15) is 0 Å². The molecule has 12 heavy (non-hydrogen) atoms. The topological polar surface area (TPSA) is 127 Å². The van der Waals surface area contributed by atoms with Crippen LogP contribution in [0.25, 0.3) is 0 Å².